The number of ketones is 1. The number of rotatable bonds is 11. The SMILES string of the molecule is CCCCCC/C=C/[C@@H]1[C@H](CC(=O)OCCCC)C(=O)C[C@@H]1O. The lowest BCUT2D eigenvalue weighted by Gasteiger charge is -2.16. The molecule has 1 aliphatic rings. The van der Waals surface area contributed by atoms with Crippen molar-refractivity contribution in [3.63, 3.8) is 0 Å². The van der Waals surface area contributed by atoms with Gasteiger partial charge in [-0.3, -0.25) is 9.59 Å². The molecule has 0 spiro atoms. The number of esters is 1. The minimum atomic E-state index is -0.664. The van der Waals surface area contributed by atoms with E-state index in [0.717, 1.165) is 25.7 Å². The Hall–Kier alpha value is -1.16. The van der Waals surface area contributed by atoms with Crippen molar-refractivity contribution in [3.05, 3.63) is 12.2 Å². The maximum Gasteiger partial charge on any atom is 0.306 e. The van der Waals surface area contributed by atoms with Gasteiger partial charge in [0.05, 0.1) is 19.1 Å². The molecule has 132 valence electrons. The molecule has 0 heterocycles. The van der Waals surface area contributed by atoms with Crippen LogP contribution in [0.3, 0.4) is 0 Å². The van der Waals surface area contributed by atoms with Crippen molar-refractivity contribution in [1.82, 2.24) is 0 Å². The van der Waals surface area contributed by atoms with E-state index in [2.05, 4.69) is 13.0 Å². The van der Waals surface area contributed by atoms with Crippen LogP contribution < -0.4 is 0 Å². The number of ether oxygens (including phenoxy) is 1. The molecule has 4 nitrogen and oxygen atoms in total. The summed E-state index contributed by atoms with van der Waals surface area (Å²) in [5.74, 6) is -1.02. The largest absolute Gasteiger partial charge is 0.466 e. The zero-order valence-corrected chi connectivity index (χ0v) is 14.6. The number of Topliss-reactive ketones (excluding diaryl/α,β-unsaturated/α-hetero) is 1. The molecular formula is C19H32O4. The second kappa shape index (κ2) is 11.4. The third kappa shape index (κ3) is 7.30. The van der Waals surface area contributed by atoms with Gasteiger partial charge in [0.1, 0.15) is 5.78 Å². The van der Waals surface area contributed by atoms with Gasteiger partial charge in [0.25, 0.3) is 0 Å². The molecule has 0 radical (unpaired) electrons. The highest BCUT2D eigenvalue weighted by molar-refractivity contribution is 5.88. The van der Waals surface area contributed by atoms with Crippen LogP contribution in [0.4, 0.5) is 0 Å². The zero-order chi connectivity index (χ0) is 17.1. The molecule has 0 aromatic carbocycles. The van der Waals surface area contributed by atoms with Gasteiger partial charge in [0.2, 0.25) is 0 Å². The summed E-state index contributed by atoms with van der Waals surface area (Å²) in [7, 11) is 0. The second-order valence-corrected chi connectivity index (χ2v) is 6.48. The predicted octanol–water partition coefficient (Wildman–Crippen LogP) is 3.81. The van der Waals surface area contributed by atoms with E-state index in [9.17, 15) is 14.7 Å². The highest BCUT2D eigenvalue weighted by Crippen LogP contribution is 2.33. The van der Waals surface area contributed by atoms with E-state index >= 15 is 0 Å². The van der Waals surface area contributed by atoms with E-state index in [0.29, 0.717) is 6.61 Å². The van der Waals surface area contributed by atoms with Crippen LogP contribution >= 0.6 is 0 Å². The molecule has 0 amide bonds. The van der Waals surface area contributed by atoms with Crippen molar-refractivity contribution >= 4 is 11.8 Å². The molecule has 0 aromatic heterocycles. The van der Waals surface area contributed by atoms with Gasteiger partial charge in [0, 0.05) is 18.3 Å². The van der Waals surface area contributed by atoms with Crippen molar-refractivity contribution in [2.75, 3.05) is 6.61 Å². The molecular weight excluding hydrogens is 292 g/mol. The van der Waals surface area contributed by atoms with Crippen molar-refractivity contribution in [3.8, 4) is 0 Å². The zero-order valence-electron chi connectivity index (χ0n) is 14.6. The standard InChI is InChI=1S/C19H32O4/c1-3-5-7-8-9-10-11-15-16(18(21)14-17(15)20)13-19(22)23-12-6-4-2/h10-11,15-17,20H,3-9,12-14H2,1-2H3/b11-10+/t15-,16+,17+/m1/s1. The minimum absolute atomic E-state index is 0.0226. The number of hydrogen-bond acceptors (Lipinski definition) is 4. The van der Waals surface area contributed by atoms with Gasteiger partial charge >= 0.3 is 5.97 Å². The maximum atomic E-state index is 12.0. The molecule has 0 aromatic rings. The van der Waals surface area contributed by atoms with Crippen molar-refractivity contribution in [2.24, 2.45) is 11.8 Å². The van der Waals surface area contributed by atoms with Crippen molar-refractivity contribution < 1.29 is 19.4 Å². The van der Waals surface area contributed by atoms with Crippen LogP contribution in [0.2, 0.25) is 0 Å². The molecule has 4 heteroatoms. The lowest BCUT2D eigenvalue weighted by atomic mass is 9.90. The summed E-state index contributed by atoms with van der Waals surface area (Å²) in [6.45, 7) is 4.63. The Bertz CT molecular complexity index is 389. The normalized spacial score (nSPS) is 24.5. The summed E-state index contributed by atoms with van der Waals surface area (Å²) in [5, 5.41) is 10.1. The van der Waals surface area contributed by atoms with E-state index in [1.54, 1.807) is 0 Å². The van der Waals surface area contributed by atoms with Gasteiger partial charge in [0.15, 0.2) is 0 Å². The van der Waals surface area contributed by atoms with Crippen LogP contribution in [0, 0.1) is 11.8 Å². The quantitative estimate of drug-likeness (QED) is 0.356. The molecule has 1 fully saturated rings. The first-order valence-corrected chi connectivity index (χ1v) is 9.13. The van der Waals surface area contributed by atoms with Crippen LogP contribution in [0.1, 0.15) is 71.6 Å². The summed E-state index contributed by atoms with van der Waals surface area (Å²) in [4.78, 5) is 23.9. The number of unbranched alkanes of at least 4 members (excludes halogenated alkanes) is 5. The highest BCUT2D eigenvalue weighted by Gasteiger charge is 2.41. The van der Waals surface area contributed by atoms with Crippen LogP contribution in [0.25, 0.3) is 0 Å². The average Bonchev–Trinajstić information content (AvgIpc) is 2.77. The minimum Gasteiger partial charge on any atom is -0.466 e. The van der Waals surface area contributed by atoms with E-state index in [4.69, 9.17) is 4.74 Å². The molecule has 1 rings (SSSR count). The maximum absolute atomic E-state index is 12.0. The predicted molar refractivity (Wildman–Crippen MR) is 91.0 cm³/mol. The first-order valence-electron chi connectivity index (χ1n) is 9.13. The fourth-order valence-corrected chi connectivity index (χ4v) is 3.00. The van der Waals surface area contributed by atoms with Gasteiger partial charge in [-0.15, -0.1) is 0 Å². The second-order valence-electron chi connectivity index (χ2n) is 6.48. The first-order chi connectivity index (χ1) is 11.1. The van der Waals surface area contributed by atoms with Gasteiger partial charge in [-0.1, -0.05) is 51.7 Å². The van der Waals surface area contributed by atoms with Crippen LogP contribution in [0.5, 0.6) is 0 Å². The molecule has 0 unspecified atom stereocenters. The fourth-order valence-electron chi connectivity index (χ4n) is 3.00. The van der Waals surface area contributed by atoms with Crippen LogP contribution in [-0.4, -0.2) is 29.6 Å². The molecule has 0 bridgehead atoms. The van der Waals surface area contributed by atoms with Crippen LogP contribution in [0.15, 0.2) is 12.2 Å². The smallest absolute Gasteiger partial charge is 0.306 e. The Kier molecular flexibility index (Phi) is 9.85. The molecule has 1 N–H and O–H groups in total. The van der Waals surface area contributed by atoms with Gasteiger partial charge < -0.3 is 9.84 Å². The highest BCUT2D eigenvalue weighted by atomic mass is 16.5. The van der Waals surface area contributed by atoms with E-state index in [1.165, 1.54) is 19.3 Å². The molecule has 0 aliphatic heterocycles. The Labute approximate surface area is 140 Å². The number of carbonyl (C=O) groups excluding carboxylic acids is 2. The molecule has 1 aliphatic carbocycles. The summed E-state index contributed by atoms with van der Waals surface area (Å²) < 4.78 is 5.15. The van der Waals surface area contributed by atoms with Gasteiger partial charge in [-0.25, -0.2) is 0 Å². The number of aliphatic hydroxyl groups excluding tert-OH is 1. The average molecular weight is 324 g/mol. The number of hydrogen-bond donors (Lipinski definition) is 1. The number of aliphatic hydroxyl groups is 1. The summed E-state index contributed by atoms with van der Waals surface area (Å²) in [6.07, 6.45) is 11.1. The lowest BCUT2D eigenvalue weighted by Crippen LogP contribution is -2.22. The Morgan fingerprint density at radius 3 is 2.65 bits per heavy atom. The lowest BCUT2D eigenvalue weighted by molar-refractivity contribution is -0.146. The van der Waals surface area contributed by atoms with Gasteiger partial charge in [-0.05, 0) is 19.3 Å². The monoisotopic (exact) mass is 324 g/mol. The Morgan fingerprint density at radius 1 is 1.22 bits per heavy atom. The fraction of sp³-hybridized carbons (Fsp3) is 0.789. The van der Waals surface area contributed by atoms with E-state index < -0.39 is 12.0 Å². The third-order valence-electron chi connectivity index (χ3n) is 4.46. The van der Waals surface area contributed by atoms with Crippen molar-refractivity contribution in [1.29, 1.82) is 0 Å². The molecule has 1 saturated carbocycles. The van der Waals surface area contributed by atoms with Crippen molar-refractivity contribution in [2.45, 2.75) is 77.7 Å². The molecule has 0 saturated heterocycles. The van der Waals surface area contributed by atoms with E-state index in [1.807, 2.05) is 13.0 Å². The Morgan fingerprint density at radius 2 is 1.96 bits per heavy atom. The third-order valence-corrected chi connectivity index (χ3v) is 4.46. The topological polar surface area (TPSA) is 63.6 Å². The van der Waals surface area contributed by atoms with Gasteiger partial charge in [-0.2, -0.15) is 0 Å². The molecule has 3 atom stereocenters. The summed E-state index contributed by atoms with van der Waals surface area (Å²) in [5.41, 5.74) is 0. The van der Waals surface area contributed by atoms with Crippen LogP contribution in [-0.2, 0) is 14.3 Å². The number of carbonyl (C=O) groups is 2. The first kappa shape index (κ1) is 19.9. The summed E-state index contributed by atoms with van der Waals surface area (Å²) >= 11 is 0. The molecule has 23 heavy (non-hydrogen) atoms. The number of allylic oxidation sites excluding steroid dienone is 1. The summed E-state index contributed by atoms with van der Waals surface area (Å²) in [6, 6.07) is 0. The van der Waals surface area contributed by atoms with E-state index in [-0.39, 0.29) is 30.5 Å². The Balaban J connectivity index is 2.45.